The predicted octanol–water partition coefficient (Wildman–Crippen LogP) is 4.15. The van der Waals surface area contributed by atoms with E-state index in [1.165, 1.54) is 37.7 Å². The van der Waals surface area contributed by atoms with Crippen LogP contribution in [0.2, 0.25) is 0 Å². The van der Waals surface area contributed by atoms with Crippen LogP contribution in [0.4, 0.5) is 0 Å². The van der Waals surface area contributed by atoms with Crippen LogP contribution in [0.25, 0.3) is 6.08 Å². The summed E-state index contributed by atoms with van der Waals surface area (Å²) in [7, 11) is 2.19. The molecule has 0 aliphatic carbocycles. The molecule has 0 fully saturated rings. The highest BCUT2D eigenvalue weighted by molar-refractivity contribution is 6.75. The van der Waals surface area contributed by atoms with Crippen LogP contribution in [-0.2, 0) is 13.3 Å². The van der Waals surface area contributed by atoms with E-state index >= 15 is 0 Å². The van der Waals surface area contributed by atoms with E-state index in [-0.39, 0.29) is 0 Å². The first kappa shape index (κ1) is 19.1. The van der Waals surface area contributed by atoms with E-state index in [9.17, 15) is 0 Å². The summed E-state index contributed by atoms with van der Waals surface area (Å²) < 4.78 is 16.5. The highest BCUT2D eigenvalue weighted by Crippen LogP contribution is 2.10. The molecule has 0 heterocycles. The minimum absolute atomic E-state index is 0.983. The lowest BCUT2D eigenvalue weighted by Gasteiger charge is -2.24. The van der Waals surface area contributed by atoms with Crippen LogP contribution in [0.15, 0.2) is 30.3 Å². The van der Waals surface area contributed by atoms with Gasteiger partial charge in [0.05, 0.1) is 0 Å². The summed E-state index contributed by atoms with van der Waals surface area (Å²) in [6.07, 6.45) is 12.2. The van der Waals surface area contributed by atoms with E-state index < -0.39 is 8.80 Å². The van der Waals surface area contributed by atoms with Crippen molar-refractivity contribution in [3.05, 3.63) is 35.9 Å². The Morgan fingerprint density at radius 3 is 2.00 bits per heavy atom. The third kappa shape index (κ3) is 5.69. The summed E-state index contributed by atoms with van der Waals surface area (Å²) in [5.41, 5.74) is 1.20. The Labute approximate surface area is 136 Å². The van der Waals surface area contributed by atoms with Crippen LogP contribution in [0, 0.1) is 0 Å². The fourth-order valence-corrected chi connectivity index (χ4v) is 4.27. The first-order chi connectivity index (χ1) is 10.7. The number of allylic oxidation sites excluding steroid dienone is 1. The van der Waals surface area contributed by atoms with Gasteiger partial charge in [0.1, 0.15) is 0 Å². The van der Waals surface area contributed by atoms with Crippen molar-refractivity contribution in [2.45, 2.75) is 45.4 Å². The third-order valence-corrected chi connectivity index (χ3v) is 6.51. The van der Waals surface area contributed by atoms with Gasteiger partial charge in [0.25, 0.3) is 0 Å². The number of rotatable bonds is 11. The smallest absolute Gasteiger partial charge is 0.373 e. The van der Waals surface area contributed by atoms with Gasteiger partial charge in [0.2, 0.25) is 0 Å². The second kappa shape index (κ2) is 10.7. The van der Waals surface area contributed by atoms with E-state index in [2.05, 4.69) is 31.2 Å². The quantitative estimate of drug-likeness (QED) is 0.452. The Morgan fingerprint density at radius 2 is 1.45 bits per heavy atom. The second-order valence-corrected chi connectivity index (χ2v) is 8.31. The predicted molar refractivity (Wildman–Crippen MR) is 95.3 cm³/mol. The number of unbranched alkanes of at least 4 members (excludes halogenated alkanes) is 5. The zero-order valence-corrected chi connectivity index (χ0v) is 15.4. The fraction of sp³-hybridized carbons (Fsp3) is 0.556. The Hall–Kier alpha value is -0.943. The van der Waals surface area contributed by atoms with Crippen LogP contribution in [0.5, 0.6) is 0 Å². The molecule has 1 aromatic rings. The molecule has 1 rings (SSSR count). The maximum Gasteiger partial charge on any atom is 0.536 e. The maximum atomic E-state index is 5.48. The van der Waals surface area contributed by atoms with Gasteiger partial charge < -0.3 is 13.3 Å². The van der Waals surface area contributed by atoms with E-state index in [0.717, 1.165) is 11.6 Å². The van der Waals surface area contributed by atoms with Gasteiger partial charge in [0, 0.05) is 26.5 Å². The van der Waals surface area contributed by atoms with E-state index in [1.807, 2.05) is 12.1 Å². The lowest BCUT2D eigenvalue weighted by atomic mass is 10.1. The van der Waals surface area contributed by atoms with Crippen molar-refractivity contribution in [3.63, 3.8) is 0 Å². The van der Waals surface area contributed by atoms with Gasteiger partial charge in [-0.15, -0.1) is 0 Å². The molecule has 0 aliphatic heterocycles. The molecule has 0 saturated heterocycles. The Balaban J connectivity index is 2.51. The van der Waals surface area contributed by atoms with Gasteiger partial charge in [0.15, 0.2) is 0 Å². The number of benzene rings is 1. The van der Waals surface area contributed by atoms with Gasteiger partial charge in [-0.3, -0.25) is 0 Å². The third-order valence-electron chi connectivity index (χ3n) is 3.86. The van der Waals surface area contributed by atoms with Crippen molar-refractivity contribution in [2.75, 3.05) is 21.3 Å². The average molecular weight is 323 g/mol. The van der Waals surface area contributed by atoms with E-state index in [4.69, 9.17) is 13.3 Å². The molecule has 22 heavy (non-hydrogen) atoms. The van der Waals surface area contributed by atoms with Gasteiger partial charge in [-0.05, 0) is 18.4 Å². The molecule has 0 bridgehead atoms. The average Bonchev–Trinajstić information content (AvgIpc) is 2.57. The zero-order valence-electron chi connectivity index (χ0n) is 14.4. The molecule has 124 valence electrons. The maximum absolute atomic E-state index is 5.48. The molecule has 0 unspecified atom stereocenters. The van der Waals surface area contributed by atoms with Crippen molar-refractivity contribution in [3.8, 4) is 0 Å². The molecule has 1 aromatic carbocycles. The normalized spacial score (nSPS) is 12.2. The molecule has 0 aliphatic rings. The minimum atomic E-state index is -2.70. The van der Waals surface area contributed by atoms with E-state index in [1.54, 1.807) is 21.3 Å². The molecule has 3 nitrogen and oxygen atoms in total. The highest BCUT2D eigenvalue weighted by atomic mass is 28.4. The lowest BCUT2D eigenvalue weighted by molar-refractivity contribution is 0.140. The minimum Gasteiger partial charge on any atom is -0.373 e. The first-order valence-electron chi connectivity index (χ1n) is 8.15. The molecule has 0 N–H and O–H groups in total. The van der Waals surface area contributed by atoms with Crippen LogP contribution >= 0.6 is 0 Å². The topological polar surface area (TPSA) is 27.7 Å². The van der Waals surface area contributed by atoms with E-state index in [0.29, 0.717) is 0 Å². The van der Waals surface area contributed by atoms with Crippen molar-refractivity contribution in [2.24, 2.45) is 0 Å². The highest BCUT2D eigenvalue weighted by Gasteiger charge is 2.40. The summed E-state index contributed by atoms with van der Waals surface area (Å²) in [6.45, 7) is 2.25. The summed E-state index contributed by atoms with van der Waals surface area (Å²) in [6, 6.07) is 8.23. The summed E-state index contributed by atoms with van der Waals surface area (Å²) >= 11 is 0. The van der Waals surface area contributed by atoms with Crippen LogP contribution in [0.1, 0.15) is 51.0 Å². The fourth-order valence-electron chi connectivity index (χ4n) is 2.49. The Bertz CT molecular complexity index is 416. The summed E-state index contributed by atoms with van der Waals surface area (Å²) in [4.78, 5) is 0. The molecule has 0 amide bonds. The van der Waals surface area contributed by atoms with Crippen molar-refractivity contribution in [1.29, 1.82) is 0 Å². The molecule has 4 heteroatoms. The van der Waals surface area contributed by atoms with Gasteiger partial charge >= 0.3 is 8.80 Å². The van der Waals surface area contributed by atoms with Crippen molar-refractivity contribution < 1.29 is 13.3 Å². The van der Waals surface area contributed by atoms with Crippen LogP contribution in [0.3, 0.4) is 0 Å². The molecule has 0 aromatic heterocycles. The SMILES string of the molecule is CCCCCCCC=Cc1ccc([Si](OC)(OC)OC)cc1. The summed E-state index contributed by atoms with van der Waals surface area (Å²) in [5, 5.41) is 0.983. The van der Waals surface area contributed by atoms with Crippen LogP contribution in [-0.4, -0.2) is 30.1 Å². The van der Waals surface area contributed by atoms with Crippen LogP contribution < -0.4 is 5.19 Å². The monoisotopic (exact) mass is 322 g/mol. The van der Waals surface area contributed by atoms with Crippen molar-refractivity contribution in [1.82, 2.24) is 0 Å². The van der Waals surface area contributed by atoms with Crippen molar-refractivity contribution >= 4 is 20.1 Å². The molecule has 0 radical (unpaired) electrons. The molecular weight excluding hydrogens is 292 g/mol. The molecular formula is C18H30O3Si. The Morgan fingerprint density at radius 1 is 0.864 bits per heavy atom. The molecule has 0 saturated carbocycles. The molecule has 0 spiro atoms. The van der Waals surface area contributed by atoms with Gasteiger partial charge in [-0.2, -0.15) is 0 Å². The molecule has 0 atom stereocenters. The number of hydrogen-bond acceptors (Lipinski definition) is 3. The number of hydrogen-bond donors (Lipinski definition) is 0. The Kier molecular flexibility index (Phi) is 9.32. The zero-order chi connectivity index (χ0) is 16.3. The van der Waals surface area contributed by atoms with Gasteiger partial charge in [-0.1, -0.05) is 69.0 Å². The van der Waals surface area contributed by atoms with Gasteiger partial charge in [-0.25, -0.2) is 0 Å². The summed E-state index contributed by atoms with van der Waals surface area (Å²) in [5.74, 6) is 0. The second-order valence-electron chi connectivity index (χ2n) is 5.40. The first-order valence-corrected chi connectivity index (χ1v) is 9.87. The standard InChI is InChI=1S/C18H30O3Si/c1-5-6-7-8-9-10-11-12-17-13-15-18(16-14-17)22(19-2,20-3)21-4/h11-16H,5-10H2,1-4H3. The lowest BCUT2D eigenvalue weighted by Crippen LogP contribution is -2.54. The largest absolute Gasteiger partial charge is 0.536 e.